The monoisotopic (exact) mass is 275 g/mol. The largest absolute Gasteiger partial charge is 0.444 e. The summed E-state index contributed by atoms with van der Waals surface area (Å²) in [5.41, 5.74) is 0.483. The zero-order valence-corrected chi connectivity index (χ0v) is 12.2. The normalized spacial score (nSPS) is 22.6. The second-order valence-electron chi connectivity index (χ2n) is 6.09. The Morgan fingerprint density at radius 1 is 1.25 bits per heavy atom. The molecule has 1 heterocycles. The highest BCUT2D eigenvalue weighted by Gasteiger charge is 2.39. The highest BCUT2D eigenvalue weighted by Crippen LogP contribution is 2.36. The first-order valence-corrected chi connectivity index (χ1v) is 6.94. The number of likely N-dealkylation sites (tertiary alicyclic amines) is 1. The molecule has 1 aliphatic heterocycles. The van der Waals surface area contributed by atoms with Crippen molar-refractivity contribution < 1.29 is 14.3 Å². The molecule has 0 saturated carbocycles. The van der Waals surface area contributed by atoms with Crippen molar-refractivity contribution in [3.63, 3.8) is 0 Å². The molecule has 108 valence electrons. The Kier molecular flexibility index (Phi) is 4.12. The highest BCUT2D eigenvalue weighted by atomic mass is 16.6. The number of aldehydes is 1. The van der Waals surface area contributed by atoms with Crippen LogP contribution >= 0.6 is 0 Å². The molecular weight excluding hydrogens is 254 g/mol. The number of carbonyl (C=O) groups excluding carboxylic acids is 2. The van der Waals surface area contributed by atoms with Crippen LogP contribution in [0, 0.1) is 0 Å². The van der Waals surface area contributed by atoms with Crippen molar-refractivity contribution in [1.82, 2.24) is 4.90 Å². The lowest BCUT2D eigenvalue weighted by atomic mass is 10.1. The molecule has 2 rings (SSSR count). The van der Waals surface area contributed by atoms with Gasteiger partial charge in [0.05, 0.1) is 12.1 Å². The molecule has 0 bridgehead atoms. The minimum atomic E-state index is -0.561. The van der Waals surface area contributed by atoms with Crippen LogP contribution < -0.4 is 0 Å². The van der Waals surface area contributed by atoms with Gasteiger partial charge in [-0.25, -0.2) is 4.79 Å². The molecule has 0 aliphatic carbocycles. The standard InChI is InChI=1S/C16H21NO3/c1-16(2,3)20-15(19)17-13(11-18)9-10-14(17)12-7-5-4-6-8-12/h4-8,11,13-14H,9-10H2,1-3H3/t13-,14+/m1/s1. The van der Waals surface area contributed by atoms with Crippen LogP contribution in [0.2, 0.25) is 0 Å². The third-order valence-electron chi connectivity index (χ3n) is 3.37. The van der Waals surface area contributed by atoms with Gasteiger partial charge in [0.2, 0.25) is 0 Å². The van der Waals surface area contributed by atoms with E-state index in [2.05, 4.69) is 0 Å². The van der Waals surface area contributed by atoms with E-state index in [1.165, 1.54) is 0 Å². The van der Waals surface area contributed by atoms with Crippen LogP contribution in [-0.2, 0) is 9.53 Å². The van der Waals surface area contributed by atoms with Gasteiger partial charge >= 0.3 is 6.09 Å². The van der Waals surface area contributed by atoms with E-state index < -0.39 is 17.7 Å². The van der Waals surface area contributed by atoms with Crippen LogP contribution in [0.1, 0.15) is 45.2 Å². The van der Waals surface area contributed by atoms with Crippen LogP contribution in [0.15, 0.2) is 30.3 Å². The van der Waals surface area contributed by atoms with Gasteiger partial charge in [-0.05, 0) is 39.2 Å². The average molecular weight is 275 g/mol. The molecule has 1 amide bonds. The molecule has 0 N–H and O–H groups in total. The molecule has 1 fully saturated rings. The fourth-order valence-electron chi connectivity index (χ4n) is 2.55. The van der Waals surface area contributed by atoms with Gasteiger partial charge in [0.1, 0.15) is 11.9 Å². The summed E-state index contributed by atoms with van der Waals surface area (Å²) >= 11 is 0. The molecular formula is C16H21NO3. The summed E-state index contributed by atoms with van der Waals surface area (Å²) in [5, 5.41) is 0. The summed E-state index contributed by atoms with van der Waals surface area (Å²) in [6.07, 6.45) is 1.89. The van der Waals surface area contributed by atoms with E-state index in [-0.39, 0.29) is 6.04 Å². The van der Waals surface area contributed by atoms with Crippen LogP contribution in [0.3, 0.4) is 0 Å². The third kappa shape index (κ3) is 3.18. The number of nitrogens with zero attached hydrogens (tertiary/aromatic N) is 1. The molecule has 1 aromatic rings. The van der Waals surface area contributed by atoms with Crippen molar-refractivity contribution in [2.24, 2.45) is 0 Å². The molecule has 2 atom stereocenters. The smallest absolute Gasteiger partial charge is 0.411 e. The van der Waals surface area contributed by atoms with Gasteiger partial charge in [-0.15, -0.1) is 0 Å². The summed E-state index contributed by atoms with van der Waals surface area (Å²) < 4.78 is 5.43. The minimum Gasteiger partial charge on any atom is -0.444 e. The number of ether oxygens (including phenoxy) is 1. The number of hydrogen-bond donors (Lipinski definition) is 0. The molecule has 1 aliphatic rings. The van der Waals surface area contributed by atoms with E-state index in [9.17, 15) is 9.59 Å². The molecule has 0 aromatic heterocycles. The summed E-state index contributed by atoms with van der Waals surface area (Å²) in [7, 11) is 0. The second kappa shape index (κ2) is 5.65. The van der Waals surface area contributed by atoms with Crippen molar-refractivity contribution in [3.8, 4) is 0 Å². The summed E-state index contributed by atoms with van der Waals surface area (Å²) in [4.78, 5) is 25.2. The fourth-order valence-corrected chi connectivity index (χ4v) is 2.55. The van der Waals surface area contributed by atoms with Crippen molar-refractivity contribution in [3.05, 3.63) is 35.9 Å². The fraction of sp³-hybridized carbons (Fsp3) is 0.500. The molecule has 4 heteroatoms. The lowest BCUT2D eigenvalue weighted by Gasteiger charge is -2.31. The maximum atomic E-state index is 12.4. The van der Waals surface area contributed by atoms with Gasteiger partial charge in [-0.3, -0.25) is 4.90 Å². The Balaban J connectivity index is 2.24. The van der Waals surface area contributed by atoms with Gasteiger partial charge < -0.3 is 9.53 Å². The van der Waals surface area contributed by atoms with E-state index in [1.54, 1.807) is 4.90 Å². The van der Waals surface area contributed by atoms with Crippen molar-refractivity contribution in [1.29, 1.82) is 0 Å². The van der Waals surface area contributed by atoms with E-state index in [4.69, 9.17) is 4.74 Å². The van der Waals surface area contributed by atoms with Crippen molar-refractivity contribution >= 4 is 12.4 Å². The van der Waals surface area contributed by atoms with Crippen molar-refractivity contribution in [2.75, 3.05) is 0 Å². The molecule has 1 saturated heterocycles. The first kappa shape index (κ1) is 14.6. The van der Waals surface area contributed by atoms with Crippen molar-refractivity contribution in [2.45, 2.75) is 51.3 Å². The topological polar surface area (TPSA) is 46.6 Å². The molecule has 0 radical (unpaired) electrons. The van der Waals surface area contributed by atoms with Gasteiger partial charge in [0.15, 0.2) is 0 Å². The number of carbonyl (C=O) groups is 2. The van der Waals surface area contributed by atoms with Gasteiger partial charge in [-0.1, -0.05) is 30.3 Å². The SMILES string of the molecule is CC(C)(C)OC(=O)N1[C@@H](C=O)CC[C@H]1c1ccccc1. The molecule has 0 spiro atoms. The highest BCUT2D eigenvalue weighted by molar-refractivity contribution is 5.75. The van der Waals surface area contributed by atoms with Crippen LogP contribution in [0.25, 0.3) is 0 Å². The molecule has 20 heavy (non-hydrogen) atoms. The summed E-state index contributed by atoms with van der Waals surface area (Å²) in [5.74, 6) is 0. The maximum Gasteiger partial charge on any atom is 0.411 e. The minimum absolute atomic E-state index is 0.0822. The number of amides is 1. The van der Waals surface area contributed by atoms with Crippen LogP contribution in [0.5, 0.6) is 0 Å². The van der Waals surface area contributed by atoms with Gasteiger partial charge in [-0.2, -0.15) is 0 Å². The lowest BCUT2D eigenvalue weighted by Crippen LogP contribution is -2.41. The van der Waals surface area contributed by atoms with Gasteiger partial charge in [0, 0.05) is 0 Å². The van der Waals surface area contributed by atoms with E-state index in [1.807, 2.05) is 51.1 Å². The maximum absolute atomic E-state index is 12.4. The average Bonchev–Trinajstić information content (AvgIpc) is 2.81. The molecule has 1 aromatic carbocycles. The van der Waals surface area contributed by atoms with Gasteiger partial charge in [0.25, 0.3) is 0 Å². The quantitative estimate of drug-likeness (QED) is 0.778. The predicted octanol–water partition coefficient (Wildman–Crippen LogP) is 3.33. The second-order valence-corrected chi connectivity index (χ2v) is 6.09. The first-order chi connectivity index (χ1) is 9.42. The van der Waals surface area contributed by atoms with E-state index in [0.717, 1.165) is 18.3 Å². The Hall–Kier alpha value is -1.84. The Bertz CT molecular complexity index is 478. The van der Waals surface area contributed by atoms with Crippen LogP contribution in [-0.4, -0.2) is 28.9 Å². The zero-order valence-electron chi connectivity index (χ0n) is 12.2. The summed E-state index contributed by atoms with van der Waals surface area (Å²) in [6.45, 7) is 5.48. The summed E-state index contributed by atoms with van der Waals surface area (Å²) in [6, 6.07) is 9.31. The number of rotatable bonds is 2. The zero-order chi connectivity index (χ0) is 14.8. The Morgan fingerprint density at radius 2 is 1.90 bits per heavy atom. The van der Waals surface area contributed by atoms with Crippen LogP contribution in [0.4, 0.5) is 4.79 Å². The third-order valence-corrected chi connectivity index (χ3v) is 3.37. The molecule has 4 nitrogen and oxygen atoms in total. The van der Waals surface area contributed by atoms with E-state index >= 15 is 0 Å². The van der Waals surface area contributed by atoms with E-state index in [0.29, 0.717) is 6.42 Å². The first-order valence-electron chi connectivity index (χ1n) is 6.94. The lowest BCUT2D eigenvalue weighted by molar-refractivity contribution is -0.112. The predicted molar refractivity (Wildman–Crippen MR) is 76.3 cm³/mol. The Morgan fingerprint density at radius 3 is 2.45 bits per heavy atom. The number of benzene rings is 1. The Labute approximate surface area is 119 Å². The number of hydrogen-bond acceptors (Lipinski definition) is 3. The molecule has 0 unspecified atom stereocenters.